The molecule has 0 radical (unpaired) electrons. The van der Waals surface area contributed by atoms with Crippen molar-refractivity contribution >= 4 is 17.2 Å². The first-order chi connectivity index (χ1) is 5.34. The van der Waals surface area contributed by atoms with Crippen molar-refractivity contribution in [3.63, 3.8) is 0 Å². The van der Waals surface area contributed by atoms with Crippen molar-refractivity contribution < 1.29 is 0 Å². The van der Waals surface area contributed by atoms with E-state index in [1.807, 2.05) is 0 Å². The molecule has 0 aliphatic heterocycles. The topological polar surface area (TPSA) is 40.7 Å². The molecule has 0 atom stereocenters. The van der Waals surface area contributed by atoms with Gasteiger partial charge in [-0.05, 0) is 0 Å². The minimum Gasteiger partial charge on any atom is -0.362 e. The van der Waals surface area contributed by atoms with Crippen molar-refractivity contribution in [3.05, 3.63) is 18.2 Å². The maximum absolute atomic E-state index is 5.03. The van der Waals surface area contributed by atoms with Crippen molar-refractivity contribution in [3.8, 4) is 12.3 Å². The van der Waals surface area contributed by atoms with E-state index in [1.54, 1.807) is 12.4 Å². The molecule has 2 N–H and O–H groups in total. The fourth-order valence-electron chi connectivity index (χ4n) is 0.604. The van der Waals surface area contributed by atoms with Gasteiger partial charge in [-0.3, -0.25) is 0 Å². The Balaban J connectivity index is 2.51. The highest BCUT2D eigenvalue weighted by Gasteiger charge is 1.99. The summed E-state index contributed by atoms with van der Waals surface area (Å²) in [6.07, 6.45) is 8.37. The van der Waals surface area contributed by atoms with Crippen LogP contribution < -0.4 is 5.32 Å². The van der Waals surface area contributed by atoms with Crippen LogP contribution in [0.3, 0.4) is 0 Å². The molecule has 1 heterocycles. The molecular weight excluding hydrogens is 158 g/mol. The van der Waals surface area contributed by atoms with E-state index in [0.29, 0.717) is 17.4 Å². The molecule has 1 rings (SSSR count). The van der Waals surface area contributed by atoms with Crippen LogP contribution in [0.25, 0.3) is 0 Å². The number of imidazole rings is 1. The highest BCUT2D eigenvalue weighted by Crippen LogP contribution is 1.88. The third-order valence-corrected chi connectivity index (χ3v) is 1.40. The summed E-state index contributed by atoms with van der Waals surface area (Å²) in [4.78, 5) is 7.35. The summed E-state index contributed by atoms with van der Waals surface area (Å²) in [5.41, 5.74) is 0. The van der Waals surface area contributed by atoms with Crippen LogP contribution in [0.2, 0.25) is 0 Å². The zero-order chi connectivity index (χ0) is 8.10. The lowest BCUT2D eigenvalue weighted by atomic mass is 10.5. The first-order valence-corrected chi connectivity index (χ1v) is 3.46. The Kier molecular flexibility index (Phi) is 2.64. The Hall–Kier alpha value is -1.34. The van der Waals surface area contributed by atoms with Gasteiger partial charge in [-0.25, -0.2) is 4.98 Å². The van der Waals surface area contributed by atoms with Gasteiger partial charge in [-0.2, -0.15) is 0 Å². The highest BCUT2D eigenvalue weighted by molar-refractivity contribution is 7.80. The summed E-state index contributed by atoms with van der Waals surface area (Å²) in [5.74, 6) is 3.07. The number of hydrogen-bond donors (Lipinski definition) is 2. The number of aromatic amines is 1. The van der Waals surface area contributed by atoms with Crippen molar-refractivity contribution in [2.75, 3.05) is 6.54 Å². The van der Waals surface area contributed by atoms with E-state index in [4.69, 9.17) is 18.6 Å². The molecule has 0 spiro atoms. The van der Waals surface area contributed by atoms with Crippen LogP contribution in [-0.4, -0.2) is 21.5 Å². The fraction of sp³-hybridized carbons (Fsp3) is 0.143. The van der Waals surface area contributed by atoms with Gasteiger partial charge in [0.2, 0.25) is 0 Å². The number of aromatic nitrogens is 2. The summed E-state index contributed by atoms with van der Waals surface area (Å²) >= 11 is 4.94. The van der Waals surface area contributed by atoms with Crippen molar-refractivity contribution in [2.45, 2.75) is 0 Å². The summed E-state index contributed by atoms with van der Waals surface area (Å²) in [5, 5.41) is 2.84. The van der Waals surface area contributed by atoms with Crippen LogP contribution in [0, 0.1) is 12.3 Å². The summed E-state index contributed by atoms with van der Waals surface area (Å²) < 4.78 is 0. The molecule has 0 fully saturated rings. The molecule has 0 amide bonds. The van der Waals surface area contributed by atoms with Crippen molar-refractivity contribution in [1.82, 2.24) is 15.3 Å². The molecule has 4 heteroatoms. The zero-order valence-electron chi connectivity index (χ0n) is 5.79. The Morgan fingerprint density at radius 2 is 2.73 bits per heavy atom. The minimum absolute atomic E-state index is 0.430. The first-order valence-electron chi connectivity index (χ1n) is 3.05. The number of H-pyrrole nitrogens is 1. The molecule has 0 saturated carbocycles. The van der Waals surface area contributed by atoms with Gasteiger partial charge < -0.3 is 10.3 Å². The van der Waals surface area contributed by atoms with Crippen LogP contribution in [0.1, 0.15) is 5.82 Å². The van der Waals surface area contributed by atoms with E-state index < -0.39 is 0 Å². The monoisotopic (exact) mass is 165 g/mol. The van der Waals surface area contributed by atoms with Crippen LogP contribution in [0.15, 0.2) is 12.4 Å². The first kappa shape index (κ1) is 7.76. The number of thiocarbonyl (C=S) groups is 1. The van der Waals surface area contributed by atoms with Gasteiger partial charge in [-0.1, -0.05) is 18.1 Å². The molecule has 0 aliphatic carbocycles. The van der Waals surface area contributed by atoms with Gasteiger partial charge in [-0.15, -0.1) is 6.42 Å². The number of nitrogens with one attached hydrogen (secondary N) is 2. The Morgan fingerprint density at radius 3 is 3.27 bits per heavy atom. The number of nitrogens with zero attached hydrogens (tertiary/aromatic N) is 1. The van der Waals surface area contributed by atoms with Gasteiger partial charge in [0.05, 0.1) is 6.54 Å². The van der Waals surface area contributed by atoms with Crippen LogP contribution in [-0.2, 0) is 0 Å². The number of hydrogen-bond acceptors (Lipinski definition) is 2. The second-order valence-corrected chi connectivity index (χ2v) is 2.23. The second-order valence-electron chi connectivity index (χ2n) is 1.82. The van der Waals surface area contributed by atoms with Crippen LogP contribution >= 0.6 is 12.2 Å². The largest absolute Gasteiger partial charge is 0.362 e. The predicted octanol–water partition coefficient (Wildman–Crippen LogP) is 0.308. The van der Waals surface area contributed by atoms with E-state index in [-0.39, 0.29) is 0 Å². The smallest absolute Gasteiger partial charge is 0.164 e. The van der Waals surface area contributed by atoms with Gasteiger partial charge in [0.25, 0.3) is 0 Å². The van der Waals surface area contributed by atoms with E-state index in [1.165, 1.54) is 0 Å². The van der Waals surface area contributed by atoms with Gasteiger partial charge in [0.1, 0.15) is 4.99 Å². The van der Waals surface area contributed by atoms with Crippen molar-refractivity contribution in [2.24, 2.45) is 0 Å². The standard InChI is InChI=1S/C7H7N3S/c1-2-3-10-7(11)6-8-4-5-9-6/h1,4-5H,3H2,(H,8,9)(H,10,11). The molecule has 0 bridgehead atoms. The highest BCUT2D eigenvalue weighted by atomic mass is 32.1. The lowest BCUT2D eigenvalue weighted by Gasteiger charge is -1.98. The molecule has 0 unspecified atom stereocenters. The minimum atomic E-state index is 0.430. The third-order valence-electron chi connectivity index (χ3n) is 1.06. The zero-order valence-corrected chi connectivity index (χ0v) is 6.61. The Morgan fingerprint density at radius 1 is 1.91 bits per heavy atom. The number of rotatable bonds is 2. The normalized spacial score (nSPS) is 8.64. The predicted molar refractivity (Wildman–Crippen MR) is 47.1 cm³/mol. The average molecular weight is 165 g/mol. The lowest BCUT2D eigenvalue weighted by Crippen LogP contribution is -2.23. The third kappa shape index (κ3) is 2.06. The Bertz CT molecular complexity index is 270. The molecule has 1 aromatic heterocycles. The second kappa shape index (κ2) is 3.74. The molecule has 56 valence electrons. The maximum Gasteiger partial charge on any atom is 0.164 e. The summed E-state index contributed by atoms with van der Waals surface area (Å²) in [7, 11) is 0. The molecule has 11 heavy (non-hydrogen) atoms. The summed E-state index contributed by atoms with van der Waals surface area (Å²) in [6.45, 7) is 0.430. The quantitative estimate of drug-likeness (QED) is 0.489. The van der Waals surface area contributed by atoms with E-state index in [9.17, 15) is 0 Å². The lowest BCUT2D eigenvalue weighted by molar-refractivity contribution is 1.07. The molecule has 0 aromatic carbocycles. The molecule has 0 saturated heterocycles. The molecule has 3 nitrogen and oxygen atoms in total. The van der Waals surface area contributed by atoms with Gasteiger partial charge in [0.15, 0.2) is 5.82 Å². The number of terminal acetylenes is 1. The molecule has 1 aromatic rings. The van der Waals surface area contributed by atoms with Crippen LogP contribution in [0.5, 0.6) is 0 Å². The average Bonchev–Trinajstić information content (AvgIpc) is 2.52. The molecule has 0 aliphatic rings. The summed E-state index contributed by atoms with van der Waals surface area (Å²) in [6, 6.07) is 0. The van der Waals surface area contributed by atoms with E-state index in [0.717, 1.165) is 0 Å². The van der Waals surface area contributed by atoms with Gasteiger partial charge in [0, 0.05) is 12.4 Å². The van der Waals surface area contributed by atoms with E-state index >= 15 is 0 Å². The van der Waals surface area contributed by atoms with Gasteiger partial charge >= 0.3 is 0 Å². The van der Waals surface area contributed by atoms with E-state index in [2.05, 4.69) is 21.2 Å². The van der Waals surface area contributed by atoms with Crippen molar-refractivity contribution in [1.29, 1.82) is 0 Å². The molecular formula is C7H7N3S. The SMILES string of the molecule is C#CCNC(=S)c1ncc[nH]1. The fourth-order valence-corrected chi connectivity index (χ4v) is 0.788. The maximum atomic E-state index is 5.03. The Labute approximate surface area is 70.2 Å². The van der Waals surface area contributed by atoms with Crippen LogP contribution in [0.4, 0.5) is 0 Å².